The van der Waals surface area contributed by atoms with Gasteiger partial charge in [-0.3, -0.25) is 14.9 Å². The number of hydrogen-bond acceptors (Lipinski definition) is 6. The normalized spacial score (nSPS) is 22.6. The average Bonchev–Trinajstić information content (AvgIpc) is 2.73. The van der Waals surface area contributed by atoms with Crippen LogP contribution in [0.15, 0.2) is 18.2 Å². The van der Waals surface area contributed by atoms with Crippen molar-refractivity contribution in [3.63, 3.8) is 0 Å². The molecule has 1 heterocycles. The van der Waals surface area contributed by atoms with Gasteiger partial charge in [0.25, 0.3) is 5.69 Å². The smallest absolute Gasteiger partial charge is 0.382 e. The molecule has 3 rings (SSSR count). The molecule has 0 radical (unpaired) electrons. The van der Waals surface area contributed by atoms with Crippen LogP contribution in [0.5, 0.6) is 0 Å². The highest BCUT2D eigenvalue weighted by molar-refractivity contribution is 5.77. The number of carbonyl (C=O) groups is 1. The molecule has 0 aromatic heterocycles. The van der Waals surface area contributed by atoms with Gasteiger partial charge in [-0.25, -0.2) is 0 Å². The van der Waals surface area contributed by atoms with Gasteiger partial charge in [0.2, 0.25) is 5.91 Å². The largest absolute Gasteiger partial charge is 0.423 e. The van der Waals surface area contributed by atoms with Gasteiger partial charge in [0.1, 0.15) is 12.2 Å². The van der Waals surface area contributed by atoms with Crippen LogP contribution in [0.2, 0.25) is 0 Å². The molecule has 1 aliphatic carbocycles. The maximum atomic E-state index is 13.1. The second-order valence-electron chi connectivity index (χ2n) is 7.55. The minimum absolute atomic E-state index is 0.0256. The standard InChI is InChI=1S/C19H25F3N4O4/c20-19(21,22)16-11-14(3-6-17(16)26(28)29)24-13-1-4-15(5-2-13)30-12-18(27)25-9-7-23-8-10-25/h3,6,11,13,15,23-24H,1-2,4-5,7-10,12H2/t13-,15-. The molecule has 1 amide bonds. The Hall–Kier alpha value is -2.40. The highest BCUT2D eigenvalue weighted by atomic mass is 19.4. The molecule has 11 heteroatoms. The minimum Gasteiger partial charge on any atom is -0.382 e. The van der Waals surface area contributed by atoms with Crippen LogP contribution < -0.4 is 10.6 Å². The number of piperazine rings is 1. The Morgan fingerprint density at radius 1 is 1.23 bits per heavy atom. The van der Waals surface area contributed by atoms with Crippen molar-refractivity contribution in [3.8, 4) is 0 Å². The lowest BCUT2D eigenvalue weighted by molar-refractivity contribution is -0.388. The first-order valence-corrected chi connectivity index (χ1v) is 9.96. The number of carbonyl (C=O) groups excluding carboxylic acids is 1. The van der Waals surface area contributed by atoms with E-state index in [1.807, 2.05) is 0 Å². The number of nitro benzene ring substituents is 1. The van der Waals surface area contributed by atoms with Crippen molar-refractivity contribution in [2.24, 2.45) is 0 Å². The van der Waals surface area contributed by atoms with Crippen LogP contribution in [0.25, 0.3) is 0 Å². The van der Waals surface area contributed by atoms with Crippen LogP contribution in [-0.2, 0) is 15.7 Å². The zero-order chi connectivity index (χ0) is 21.7. The fourth-order valence-corrected chi connectivity index (χ4v) is 3.82. The Labute approximate surface area is 171 Å². The molecule has 0 spiro atoms. The van der Waals surface area contributed by atoms with Crippen LogP contribution >= 0.6 is 0 Å². The van der Waals surface area contributed by atoms with Crippen molar-refractivity contribution < 1.29 is 27.6 Å². The Kier molecular flexibility index (Phi) is 7.14. The predicted molar refractivity (Wildman–Crippen MR) is 103 cm³/mol. The number of nitrogens with one attached hydrogen (secondary N) is 2. The number of anilines is 1. The van der Waals surface area contributed by atoms with E-state index in [-0.39, 0.29) is 30.3 Å². The van der Waals surface area contributed by atoms with E-state index in [0.29, 0.717) is 38.8 Å². The number of benzene rings is 1. The molecule has 0 atom stereocenters. The summed E-state index contributed by atoms with van der Waals surface area (Å²) in [5.41, 5.74) is -2.02. The van der Waals surface area contributed by atoms with Gasteiger partial charge >= 0.3 is 6.18 Å². The lowest BCUT2D eigenvalue weighted by Crippen LogP contribution is -2.48. The van der Waals surface area contributed by atoms with Gasteiger partial charge in [0.15, 0.2) is 0 Å². The molecule has 1 aliphatic heterocycles. The zero-order valence-corrected chi connectivity index (χ0v) is 16.4. The van der Waals surface area contributed by atoms with E-state index in [2.05, 4.69) is 10.6 Å². The van der Waals surface area contributed by atoms with E-state index in [4.69, 9.17) is 4.74 Å². The first-order valence-electron chi connectivity index (χ1n) is 9.96. The van der Waals surface area contributed by atoms with Gasteiger partial charge in [0, 0.05) is 44.0 Å². The Morgan fingerprint density at radius 3 is 2.50 bits per heavy atom. The number of nitro groups is 1. The summed E-state index contributed by atoms with van der Waals surface area (Å²) < 4.78 is 45.1. The summed E-state index contributed by atoms with van der Waals surface area (Å²) in [4.78, 5) is 23.8. The monoisotopic (exact) mass is 430 g/mol. The molecule has 2 fully saturated rings. The third-order valence-electron chi connectivity index (χ3n) is 5.46. The summed E-state index contributed by atoms with van der Waals surface area (Å²) in [7, 11) is 0. The first-order chi connectivity index (χ1) is 14.2. The van der Waals surface area contributed by atoms with Crippen LogP contribution in [-0.4, -0.2) is 60.7 Å². The van der Waals surface area contributed by atoms with Crippen LogP contribution in [0.3, 0.4) is 0 Å². The number of amides is 1. The molecule has 1 saturated heterocycles. The van der Waals surface area contributed by atoms with E-state index in [0.717, 1.165) is 25.2 Å². The number of halogens is 3. The van der Waals surface area contributed by atoms with Gasteiger partial charge in [-0.05, 0) is 37.8 Å². The number of rotatable bonds is 6. The summed E-state index contributed by atoms with van der Waals surface area (Å²) in [6.45, 7) is 2.95. The van der Waals surface area contributed by atoms with Gasteiger partial charge in [-0.2, -0.15) is 13.2 Å². The fourth-order valence-electron chi connectivity index (χ4n) is 3.82. The van der Waals surface area contributed by atoms with Crippen LogP contribution in [0, 0.1) is 10.1 Å². The topological polar surface area (TPSA) is 96.7 Å². The first kappa shape index (κ1) is 22.3. The molecule has 0 bridgehead atoms. The molecular weight excluding hydrogens is 405 g/mol. The van der Waals surface area contributed by atoms with Crippen LogP contribution in [0.1, 0.15) is 31.2 Å². The molecule has 2 N–H and O–H groups in total. The molecule has 8 nitrogen and oxygen atoms in total. The summed E-state index contributed by atoms with van der Waals surface area (Å²) in [5.74, 6) is -0.0256. The Bertz CT molecular complexity index is 761. The van der Waals surface area contributed by atoms with Crippen molar-refractivity contribution in [2.75, 3.05) is 38.1 Å². The lowest BCUT2D eigenvalue weighted by atomic mass is 9.92. The van der Waals surface area contributed by atoms with Crippen molar-refractivity contribution in [1.29, 1.82) is 0 Å². The Balaban J connectivity index is 1.48. The second kappa shape index (κ2) is 9.61. The molecule has 30 heavy (non-hydrogen) atoms. The summed E-state index contributed by atoms with van der Waals surface area (Å²) in [6.07, 6.45) is -2.15. The highest BCUT2D eigenvalue weighted by Gasteiger charge is 2.38. The van der Waals surface area contributed by atoms with Crippen molar-refractivity contribution in [2.45, 2.75) is 44.0 Å². The van der Waals surface area contributed by atoms with E-state index in [1.165, 1.54) is 6.07 Å². The van der Waals surface area contributed by atoms with Crippen LogP contribution in [0.4, 0.5) is 24.5 Å². The summed E-state index contributed by atoms with van der Waals surface area (Å²) >= 11 is 0. The number of nitrogens with zero attached hydrogens (tertiary/aromatic N) is 2. The number of ether oxygens (including phenoxy) is 1. The second-order valence-corrected chi connectivity index (χ2v) is 7.55. The molecule has 1 aromatic carbocycles. The molecular formula is C19H25F3N4O4. The van der Waals surface area contributed by atoms with Gasteiger partial charge in [-0.15, -0.1) is 0 Å². The molecule has 166 valence electrons. The van der Waals surface area contributed by atoms with Gasteiger partial charge < -0.3 is 20.3 Å². The quantitative estimate of drug-likeness (QED) is 0.532. The van der Waals surface area contributed by atoms with Gasteiger partial charge in [-0.1, -0.05) is 0 Å². The maximum absolute atomic E-state index is 13.1. The summed E-state index contributed by atoms with van der Waals surface area (Å²) in [5, 5.41) is 17.1. The summed E-state index contributed by atoms with van der Waals surface area (Å²) in [6, 6.07) is 2.90. The number of alkyl halides is 3. The molecule has 1 aromatic rings. The zero-order valence-electron chi connectivity index (χ0n) is 16.4. The third-order valence-corrected chi connectivity index (χ3v) is 5.46. The molecule has 2 aliphatic rings. The fraction of sp³-hybridized carbons (Fsp3) is 0.632. The Morgan fingerprint density at radius 2 is 1.90 bits per heavy atom. The van der Waals surface area contributed by atoms with Crippen molar-refractivity contribution in [1.82, 2.24) is 10.2 Å². The van der Waals surface area contributed by atoms with E-state index < -0.39 is 22.4 Å². The predicted octanol–water partition coefficient (Wildman–Crippen LogP) is 2.79. The molecule has 1 saturated carbocycles. The third kappa shape index (κ3) is 5.82. The average molecular weight is 430 g/mol. The van der Waals surface area contributed by atoms with E-state index >= 15 is 0 Å². The highest BCUT2D eigenvalue weighted by Crippen LogP contribution is 2.38. The minimum atomic E-state index is -4.80. The van der Waals surface area contributed by atoms with E-state index in [1.54, 1.807) is 4.90 Å². The van der Waals surface area contributed by atoms with Gasteiger partial charge in [0.05, 0.1) is 11.0 Å². The van der Waals surface area contributed by atoms with Crippen molar-refractivity contribution in [3.05, 3.63) is 33.9 Å². The SMILES string of the molecule is O=C(CO[C@H]1CC[C@H](Nc2ccc([N+](=O)[O-])c(C(F)(F)F)c2)CC1)N1CCNCC1. The van der Waals surface area contributed by atoms with Crippen molar-refractivity contribution >= 4 is 17.3 Å². The van der Waals surface area contributed by atoms with E-state index in [9.17, 15) is 28.1 Å². The maximum Gasteiger partial charge on any atom is 0.423 e. The number of hydrogen-bond donors (Lipinski definition) is 2. The lowest BCUT2D eigenvalue weighted by Gasteiger charge is -2.31. The molecule has 0 unspecified atom stereocenters.